The number of carbonyl (C=O) groups excluding carboxylic acids is 2. The zero-order valence-corrected chi connectivity index (χ0v) is 14.0. The summed E-state index contributed by atoms with van der Waals surface area (Å²) in [4.78, 5) is 30.9. The molecule has 0 aromatic carbocycles. The number of ketones is 1. The van der Waals surface area contributed by atoms with E-state index in [1.807, 2.05) is 50.8 Å². The van der Waals surface area contributed by atoms with Gasteiger partial charge in [0.25, 0.3) is 0 Å². The summed E-state index contributed by atoms with van der Waals surface area (Å²) >= 11 is 0. The van der Waals surface area contributed by atoms with E-state index in [0.717, 1.165) is 5.69 Å². The average Bonchev–Trinajstić information content (AvgIpc) is 2.44. The first-order chi connectivity index (χ1) is 10.3. The summed E-state index contributed by atoms with van der Waals surface area (Å²) in [6.07, 6.45) is 3.48. The van der Waals surface area contributed by atoms with Crippen LogP contribution in [0.5, 0.6) is 0 Å². The number of hydrogen-bond donors (Lipinski definition) is 0. The Hall–Kier alpha value is -1.71. The molecule has 1 fully saturated rings. The number of pyridine rings is 1. The average molecular weight is 302 g/mol. The van der Waals surface area contributed by atoms with Crippen molar-refractivity contribution in [1.29, 1.82) is 0 Å². The van der Waals surface area contributed by atoms with Crippen LogP contribution in [0.15, 0.2) is 24.4 Å². The third-order valence-electron chi connectivity index (χ3n) is 4.41. The van der Waals surface area contributed by atoms with Gasteiger partial charge < -0.3 is 4.90 Å². The van der Waals surface area contributed by atoms with Crippen LogP contribution in [0.2, 0.25) is 0 Å². The fraction of sp³-hybridized carbons (Fsp3) is 0.611. The monoisotopic (exact) mass is 302 g/mol. The molecule has 1 aromatic heterocycles. The maximum Gasteiger partial charge on any atom is 0.226 e. The molecule has 0 spiro atoms. The molecular formula is C18H26N2O2. The Morgan fingerprint density at radius 1 is 1.36 bits per heavy atom. The summed E-state index contributed by atoms with van der Waals surface area (Å²) in [5.41, 5.74) is 0.626. The van der Waals surface area contributed by atoms with Crippen molar-refractivity contribution < 1.29 is 9.59 Å². The molecule has 0 saturated heterocycles. The zero-order chi connectivity index (χ0) is 16.3. The minimum Gasteiger partial charge on any atom is -0.332 e. The standard InChI is InChI=1S/C18H26N2O2/c1-13-11-15(21)8-9-16(13)17(22)20(18(2,3)4)12-14-7-5-6-10-19-14/h5-7,10,13,16H,8-9,11-12H2,1-4H3/t13-,16+/m0/s1. The van der Waals surface area contributed by atoms with Gasteiger partial charge in [-0.1, -0.05) is 13.0 Å². The molecule has 1 aromatic rings. The number of hydrogen-bond acceptors (Lipinski definition) is 3. The molecule has 4 heteroatoms. The van der Waals surface area contributed by atoms with Crippen molar-refractivity contribution >= 4 is 11.7 Å². The van der Waals surface area contributed by atoms with Gasteiger partial charge in [0.05, 0.1) is 12.2 Å². The molecule has 1 heterocycles. The van der Waals surface area contributed by atoms with Crippen LogP contribution in [-0.4, -0.2) is 27.1 Å². The number of Topliss-reactive ketones (excluding diaryl/α,β-unsaturated/α-hetero) is 1. The largest absolute Gasteiger partial charge is 0.332 e. The molecule has 2 rings (SSSR count). The van der Waals surface area contributed by atoms with E-state index in [1.54, 1.807) is 6.20 Å². The van der Waals surface area contributed by atoms with Crippen LogP contribution in [0.25, 0.3) is 0 Å². The highest BCUT2D eigenvalue weighted by atomic mass is 16.2. The Balaban J connectivity index is 2.18. The number of rotatable bonds is 3. The number of nitrogens with zero attached hydrogens (tertiary/aromatic N) is 2. The molecule has 120 valence electrons. The Labute approximate surface area is 132 Å². The molecule has 1 aliphatic carbocycles. The van der Waals surface area contributed by atoms with E-state index < -0.39 is 0 Å². The zero-order valence-electron chi connectivity index (χ0n) is 14.0. The second-order valence-electron chi connectivity index (χ2n) is 7.28. The predicted octanol–water partition coefficient (Wildman–Crippen LogP) is 3.21. The Morgan fingerprint density at radius 3 is 2.64 bits per heavy atom. The molecule has 2 atom stereocenters. The van der Waals surface area contributed by atoms with Crippen LogP contribution < -0.4 is 0 Å². The Morgan fingerprint density at radius 2 is 2.09 bits per heavy atom. The molecule has 0 radical (unpaired) electrons. The van der Waals surface area contributed by atoms with Crippen molar-refractivity contribution in [2.45, 2.75) is 59.0 Å². The van der Waals surface area contributed by atoms with Crippen molar-refractivity contribution in [3.05, 3.63) is 30.1 Å². The summed E-state index contributed by atoms with van der Waals surface area (Å²) in [5, 5.41) is 0. The van der Waals surface area contributed by atoms with E-state index in [-0.39, 0.29) is 29.1 Å². The fourth-order valence-electron chi connectivity index (χ4n) is 3.07. The van der Waals surface area contributed by atoms with Gasteiger partial charge in [0.2, 0.25) is 5.91 Å². The first kappa shape index (κ1) is 16.7. The molecule has 22 heavy (non-hydrogen) atoms. The number of carbonyl (C=O) groups is 2. The summed E-state index contributed by atoms with van der Waals surface area (Å²) in [6.45, 7) is 8.67. The third kappa shape index (κ3) is 3.93. The van der Waals surface area contributed by atoms with Crippen LogP contribution in [0, 0.1) is 11.8 Å². The van der Waals surface area contributed by atoms with E-state index in [2.05, 4.69) is 4.98 Å². The van der Waals surface area contributed by atoms with Crippen LogP contribution >= 0.6 is 0 Å². The molecule has 1 amide bonds. The lowest BCUT2D eigenvalue weighted by Crippen LogP contribution is -2.49. The van der Waals surface area contributed by atoms with E-state index in [1.165, 1.54) is 0 Å². The molecule has 1 saturated carbocycles. The Bertz CT molecular complexity index is 534. The van der Waals surface area contributed by atoms with Crippen LogP contribution in [0.1, 0.15) is 52.7 Å². The molecule has 0 N–H and O–H groups in total. The predicted molar refractivity (Wildman–Crippen MR) is 86.1 cm³/mol. The summed E-state index contributed by atoms with van der Waals surface area (Å²) in [5.74, 6) is 0.504. The number of aromatic nitrogens is 1. The highest BCUT2D eigenvalue weighted by molar-refractivity contribution is 5.85. The smallest absolute Gasteiger partial charge is 0.226 e. The maximum atomic E-state index is 13.1. The van der Waals surface area contributed by atoms with Crippen molar-refractivity contribution in [3.63, 3.8) is 0 Å². The molecular weight excluding hydrogens is 276 g/mol. The summed E-state index contributed by atoms with van der Waals surface area (Å²) in [6, 6.07) is 5.76. The molecule has 4 nitrogen and oxygen atoms in total. The topological polar surface area (TPSA) is 50.3 Å². The van der Waals surface area contributed by atoms with Gasteiger partial charge in [-0.05, 0) is 45.2 Å². The van der Waals surface area contributed by atoms with E-state index in [0.29, 0.717) is 25.8 Å². The van der Waals surface area contributed by atoms with Crippen molar-refractivity contribution in [3.8, 4) is 0 Å². The molecule has 0 bridgehead atoms. The van der Waals surface area contributed by atoms with Crippen molar-refractivity contribution in [2.24, 2.45) is 11.8 Å². The first-order valence-corrected chi connectivity index (χ1v) is 8.02. The van der Waals surface area contributed by atoms with Crippen LogP contribution in [0.3, 0.4) is 0 Å². The van der Waals surface area contributed by atoms with Gasteiger partial charge in [0, 0.05) is 30.5 Å². The third-order valence-corrected chi connectivity index (χ3v) is 4.41. The van der Waals surface area contributed by atoms with Crippen LogP contribution in [0.4, 0.5) is 0 Å². The highest BCUT2D eigenvalue weighted by Crippen LogP contribution is 2.31. The second-order valence-corrected chi connectivity index (χ2v) is 7.28. The second kappa shape index (κ2) is 6.59. The van der Waals surface area contributed by atoms with Gasteiger partial charge in [-0.3, -0.25) is 14.6 Å². The van der Waals surface area contributed by atoms with E-state index in [9.17, 15) is 9.59 Å². The van der Waals surface area contributed by atoms with Gasteiger partial charge in [-0.15, -0.1) is 0 Å². The summed E-state index contributed by atoms with van der Waals surface area (Å²) in [7, 11) is 0. The molecule has 0 unspecified atom stereocenters. The first-order valence-electron chi connectivity index (χ1n) is 8.02. The molecule has 0 aliphatic heterocycles. The van der Waals surface area contributed by atoms with Crippen molar-refractivity contribution in [1.82, 2.24) is 9.88 Å². The van der Waals surface area contributed by atoms with Gasteiger partial charge in [0.1, 0.15) is 5.78 Å². The fourth-order valence-corrected chi connectivity index (χ4v) is 3.07. The van der Waals surface area contributed by atoms with Gasteiger partial charge in [-0.25, -0.2) is 0 Å². The minimum absolute atomic E-state index is 0.0550. The highest BCUT2D eigenvalue weighted by Gasteiger charge is 2.37. The van der Waals surface area contributed by atoms with E-state index in [4.69, 9.17) is 0 Å². The van der Waals surface area contributed by atoms with Crippen molar-refractivity contribution in [2.75, 3.05) is 0 Å². The van der Waals surface area contributed by atoms with Gasteiger partial charge >= 0.3 is 0 Å². The minimum atomic E-state index is -0.268. The van der Waals surface area contributed by atoms with Crippen LogP contribution in [-0.2, 0) is 16.1 Å². The Kier molecular flexibility index (Phi) is 4.99. The SMILES string of the molecule is C[C@H]1CC(=O)CC[C@H]1C(=O)N(Cc1ccccn1)C(C)(C)C. The molecule has 1 aliphatic rings. The lowest BCUT2D eigenvalue weighted by Gasteiger charge is -2.40. The van der Waals surface area contributed by atoms with Gasteiger partial charge in [0.15, 0.2) is 0 Å². The quantitative estimate of drug-likeness (QED) is 0.861. The lowest BCUT2D eigenvalue weighted by molar-refractivity contribution is -0.145. The van der Waals surface area contributed by atoms with E-state index >= 15 is 0 Å². The summed E-state index contributed by atoms with van der Waals surface area (Å²) < 4.78 is 0. The maximum absolute atomic E-state index is 13.1. The lowest BCUT2D eigenvalue weighted by atomic mass is 9.78. The normalized spacial score (nSPS) is 22.5. The number of amides is 1. The van der Waals surface area contributed by atoms with Gasteiger partial charge in [-0.2, -0.15) is 0 Å².